The number of furan rings is 1. The zero-order valence-corrected chi connectivity index (χ0v) is 12.2. The maximum atomic E-state index is 5.90. The highest BCUT2D eigenvalue weighted by molar-refractivity contribution is 5.82. The Hall–Kier alpha value is -1.32. The fraction of sp³-hybridized carbons (Fsp3) is 0.500. The molecule has 2 aromatic rings. The third-order valence-electron chi connectivity index (χ3n) is 3.01. The van der Waals surface area contributed by atoms with Crippen LogP contribution >= 0.6 is 0 Å². The zero-order chi connectivity index (χ0) is 13.9. The maximum absolute atomic E-state index is 5.90. The first-order valence-electron chi connectivity index (χ1n) is 6.83. The van der Waals surface area contributed by atoms with E-state index in [9.17, 15) is 0 Å². The molecule has 0 fully saturated rings. The maximum Gasteiger partial charge on any atom is 0.135 e. The van der Waals surface area contributed by atoms with Crippen molar-refractivity contribution in [3.63, 3.8) is 0 Å². The van der Waals surface area contributed by atoms with E-state index >= 15 is 0 Å². The minimum Gasteiger partial charge on any atom is -0.458 e. The summed E-state index contributed by atoms with van der Waals surface area (Å²) in [5.41, 5.74) is 2.23. The molecule has 0 saturated heterocycles. The van der Waals surface area contributed by atoms with E-state index in [4.69, 9.17) is 9.15 Å². The van der Waals surface area contributed by atoms with Crippen molar-refractivity contribution in [2.45, 2.75) is 46.4 Å². The molecule has 3 nitrogen and oxygen atoms in total. The average Bonchev–Trinajstić information content (AvgIpc) is 2.70. The van der Waals surface area contributed by atoms with Gasteiger partial charge in [0, 0.05) is 29.6 Å². The van der Waals surface area contributed by atoms with Crippen LogP contribution in [0.4, 0.5) is 0 Å². The monoisotopic (exact) mass is 261 g/mol. The Morgan fingerprint density at radius 2 is 1.95 bits per heavy atom. The Labute approximate surface area is 114 Å². The van der Waals surface area contributed by atoms with E-state index in [1.807, 2.05) is 25.1 Å². The van der Waals surface area contributed by atoms with Crippen LogP contribution in [0.2, 0.25) is 0 Å². The number of para-hydroxylation sites is 1. The molecule has 1 aromatic carbocycles. The summed E-state index contributed by atoms with van der Waals surface area (Å²) in [5.74, 6) is 0.930. The van der Waals surface area contributed by atoms with Gasteiger partial charge in [0.15, 0.2) is 0 Å². The van der Waals surface area contributed by atoms with Crippen molar-refractivity contribution in [2.75, 3.05) is 6.61 Å². The van der Waals surface area contributed by atoms with Crippen LogP contribution < -0.4 is 5.32 Å². The van der Waals surface area contributed by atoms with Gasteiger partial charge in [-0.15, -0.1) is 0 Å². The van der Waals surface area contributed by atoms with Crippen molar-refractivity contribution >= 4 is 11.0 Å². The molecule has 0 radical (unpaired) electrons. The molecular weight excluding hydrogens is 238 g/mol. The van der Waals surface area contributed by atoms with Crippen molar-refractivity contribution in [3.8, 4) is 0 Å². The van der Waals surface area contributed by atoms with Crippen LogP contribution in [-0.2, 0) is 17.9 Å². The largest absolute Gasteiger partial charge is 0.458 e. The van der Waals surface area contributed by atoms with Crippen LogP contribution in [-0.4, -0.2) is 12.1 Å². The summed E-state index contributed by atoms with van der Waals surface area (Å²) in [6.07, 6.45) is 0. The Bertz CT molecular complexity index is 537. The lowest BCUT2D eigenvalue weighted by Gasteiger charge is -2.20. The van der Waals surface area contributed by atoms with Gasteiger partial charge in [-0.2, -0.15) is 0 Å². The van der Waals surface area contributed by atoms with Gasteiger partial charge in [0.05, 0.1) is 0 Å². The summed E-state index contributed by atoms with van der Waals surface area (Å²) in [5, 5.41) is 4.69. The second-order valence-electron chi connectivity index (χ2n) is 5.74. The van der Waals surface area contributed by atoms with Crippen molar-refractivity contribution in [2.24, 2.45) is 0 Å². The molecule has 1 N–H and O–H groups in total. The lowest BCUT2D eigenvalue weighted by atomic mass is 10.1. The fourth-order valence-electron chi connectivity index (χ4n) is 2.01. The number of nitrogens with one attached hydrogen (secondary N) is 1. The highest BCUT2D eigenvalue weighted by Gasteiger charge is 2.16. The molecule has 0 atom stereocenters. The molecule has 0 aliphatic carbocycles. The molecule has 19 heavy (non-hydrogen) atoms. The molecule has 0 amide bonds. The Morgan fingerprint density at radius 1 is 1.21 bits per heavy atom. The number of benzene rings is 1. The van der Waals surface area contributed by atoms with Gasteiger partial charge in [-0.05, 0) is 33.8 Å². The predicted octanol–water partition coefficient (Wildman–Crippen LogP) is 3.86. The van der Waals surface area contributed by atoms with Gasteiger partial charge in [0.25, 0.3) is 0 Å². The molecule has 2 rings (SSSR count). The minimum atomic E-state index is 0.0846. The lowest BCUT2D eigenvalue weighted by Crippen LogP contribution is -2.35. The second-order valence-corrected chi connectivity index (χ2v) is 5.74. The third kappa shape index (κ3) is 3.58. The Morgan fingerprint density at radius 3 is 2.63 bits per heavy atom. The molecule has 1 aromatic heterocycles. The van der Waals surface area contributed by atoms with E-state index in [-0.39, 0.29) is 5.54 Å². The van der Waals surface area contributed by atoms with Gasteiger partial charge < -0.3 is 14.5 Å². The lowest BCUT2D eigenvalue weighted by molar-refractivity contribution is 0.118. The van der Waals surface area contributed by atoms with Crippen molar-refractivity contribution in [1.29, 1.82) is 0 Å². The number of rotatable bonds is 5. The van der Waals surface area contributed by atoms with E-state index in [1.165, 1.54) is 10.9 Å². The molecule has 104 valence electrons. The standard InChI is InChI=1S/C16H23NO2/c1-5-18-11-15-13(10-17-16(2,3)4)12-8-6-7-9-14(12)19-15/h6-9,17H,5,10-11H2,1-4H3. The summed E-state index contributed by atoms with van der Waals surface area (Å²) in [6.45, 7) is 10.5. The van der Waals surface area contributed by atoms with Crippen LogP contribution in [0.1, 0.15) is 39.0 Å². The SMILES string of the molecule is CCOCc1oc2ccccc2c1CNC(C)(C)C. The van der Waals surface area contributed by atoms with Gasteiger partial charge in [-0.25, -0.2) is 0 Å². The van der Waals surface area contributed by atoms with Gasteiger partial charge in [0.1, 0.15) is 18.0 Å². The molecule has 0 unspecified atom stereocenters. The van der Waals surface area contributed by atoms with E-state index in [2.05, 4.69) is 32.2 Å². The summed E-state index contributed by atoms with van der Waals surface area (Å²) in [7, 11) is 0. The average molecular weight is 261 g/mol. The quantitative estimate of drug-likeness (QED) is 0.887. The normalized spacial score (nSPS) is 12.2. The first kappa shape index (κ1) is 14.1. The number of hydrogen-bond donors (Lipinski definition) is 1. The molecular formula is C16H23NO2. The first-order valence-corrected chi connectivity index (χ1v) is 6.83. The smallest absolute Gasteiger partial charge is 0.135 e. The number of ether oxygens (including phenoxy) is 1. The van der Waals surface area contributed by atoms with E-state index in [1.54, 1.807) is 0 Å². The molecule has 0 saturated carbocycles. The van der Waals surface area contributed by atoms with Gasteiger partial charge in [-0.1, -0.05) is 18.2 Å². The van der Waals surface area contributed by atoms with Crippen molar-refractivity contribution in [1.82, 2.24) is 5.32 Å². The van der Waals surface area contributed by atoms with Gasteiger partial charge >= 0.3 is 0 Å². The Balaban J connectivity index is 2.31. The van der Waals surface area contributed by atoms with Crippen molar-refractivity contribution < 1.29 is 9.15 Å². The van der Waals surface area contributed by atoms with E-state index < -0.39 is 0 Å². The first-order chi connectivity index (χ1) is 9.01. The number of hydrogen-bond acceptors (Lipinski definition) is 3. The summed E-state index contributed by atoms with van der Waals surface area (Å²) >= 11 is 0. The molecule has 0 aliphatic heterocycles. The zero-order valence-electron chi connectivity index (χ0n) is 12.2. The highest BCUT2D eigenvalue weighted by atomic mass is 16.5. The van der Waals surface area contributed by atoms with Crippen molar-refractivity contribution in [3.05, 3.63) is 35.6 Å². The van der Waals surface area contributed by atoms with Gasteiger partial charge in [0.2, 0.25) is 0 Å². The molecule has 0 aliphatic rings. The summed E-state index contributed by atoms with van der Waals surface area (Å²) in [6, 6.07) is 8.15. The summed E-state index contributed by atoms with van der Waals surface area (Å²) < 4.78 is 11.4. The highest BCUT2D eigenvalue weighted by Crippen LogP contribution is 2.26. The van der Waals surface area contributed by atoms with E-state index in [0.29, 0.717) is 13.2 Å². The molecule has 0 bridgehead atoms. The van der Waals surface area contributed by atoms with Crippen LogP contribution in [0.5, 0.6) is 0 Å². The van der Waals surface area contributed by atoms with Crippen LogP contribution in [0.3, 0.4) is 0 Å². The minimum absolute atomic E-state index is 0.0846. The van der Waals surface area contributed by atoms with Gasteiger partial charge in [-0.3, -0.25) is 0 Å². The van der Waals surface area contributed by atoms with Crippen LogP contribution in [0.15, 0.2) is 28.7 Å². The Kier molecular flexibility index (Phi) is 4.27. The number of fused-ring (bicyclic) bond motifs is 1. The molecule has 0 spiro atoms. The van der Waals surface area contributed by atoms with Crippen LogP contribution in [0.25, 0.3) is 11.0 Å². The second kappa shape index (κ2) is 5.76. The topological polar surface area (TPSA) is 34.4 Å². The predicted molar refractivity (Wildman–Crippen MR) is 78.1 cm³/mol. The fourth-order valence-corrected chi connectivity index (χ4v) is 2.01. The van der Waals surface area contributed by atoms with E-state index in [0.717, 1.165) is 17.9 Å². The summed E-state index contributed by atoms with van der Waals surface area (Å²) in [4.78, 5) is 0. The third-order valence-corrected chi connectivity index (χ3v) is 3.01. The molecule has 3 heteroatoms. The molecule has 1 heterocycles. The van der Waals surface area contributed by atoms with Crippen LogP contribution in [0, 0.1) is 0 Å².